The van der Waals surface area contributed by atoms with Crippen LogP contribution < -0.4 is 0 Å². The van der Waals surface area contributed by atoms with Crippen molar-refractivity contribution in [2.24, 2.45) is 5.92 Å². The van der Waals surface area contributed by atoms with E-state index in [0.29, 0.717) is 6.42 Å². The highest BCUT2D eigenvalue weighted by molar-refractivity contribution is 6.70. The molecule has 5 nitrogen and oxygen atoms in total. The maximum Gasteiger partial charge on any atom is 0.303 e. The Kier molecular flexibility index (Phi) is 14.4. The Hall–Kier alpha value is -0.939. The van der Waals surface area contributed by atoms with E-state index >= 15 is 0 Å². The highest BCUT2D eigenvalue weighted by Gasteiger charge is 2.38. The van der Waals surface area contributed by atoms with Crippen LogP contribution in [-0.4, -0.2) is 48.2 Å². The standard InChI is InChI=1S/C29H56O5Si3/c1-11-12-15-18-24(32-35(2,3)4)21-22-26-25(19-16-13-14-17-20-29(30)31)27(33-36(5,6)7)23-28(26)34-37(8,9)10/h13,16,21-22,24,26,28H,11-12,14-15,17-20,23H2,1-10H3,(H,30,31)/b16-13-,22-21+/t24-,26+,28+/m0/s1. The van der Waals surface area contributed by atoms with Crippen LogP contribution in [0.3, 0.4) is 0 Å². The number of carbonyl (C=O) groups is 1. The van der Waals surface area contributed by atoms with Crippen molar-refractivity contribution in [2.45, 2.75) is 136 Å². The molecule has 0 unspecified atom stereocenters. The lowest BCUT2D eigenvalue weighted by molar-refractivity contribution is -0.137. The van der Waals surface area contributed by atoms with Gasteiger partial charge in [-0.3, -0.25) is 4.79 Å². The Bertz CT molecular complexity index is 785. The average Bonchev–Trinajstić information content (AvgIpc) is 2.99. The van der Waals surface area contributed by atoms with Gasteiger partial charge in [0.25, 0.3) is 0 Å². The fourth-order valence-electron chi connectivity index (χ4n) is 4.57. The lowest BCUT2D eigenvalue weighted by Gasteiger charge is -2.29. The number of hydrogen-bond donors (Lipinski definition) is 1. The number of aliphatic carboxylic acids is 1. The van der Waals surface area contributed by atoms with Crippen LogP contribution in [-0.2, 0) is 18.1 Å². The maximum atomic E-state index is 10.8. The third kappa shape index (κ3) is 15.9. The van der Waals surface area contributed by atoms with Crippen LogP contribution in [0, 0.1) is 5.92 Å². The summed E-state index contributed by atoms with van der Waals surface area (Å²) in [5, 5.41) is 8.91. The molecule has 214 valence electrons. The summed E-state index contributed by atoms with van der Waals surface area (Å²) in [6, 6.07) is 0. The summed E-state index contributed by atoms with van der Waals surface area (Å²) in [4.78, 5) is 10.8. The van der Waals surface area contributed by atoms with Gasteiger partial charge in [-0.05, 0) is 90.2 Å². The number of allylic oxidation sites excluding steroid dienone is 2. The first kappa shape index (κ1) is 34.1. The highest BCUT2D eigenvalue weighted by Crippen LogP contribution is 2.41. The largest absolute Gasteiger partial charge is 0.547 e. The number of rotatable bonds is 18. The van der Waals surface area contributed by atoms with E-state index in [1.165, 1.54) is 24.8 Å². The predicted octanol–water partition coefficient (Wildman–Crippen LogP) is 8.89. The van der Waals surface area contributed by atoms with E-state index in [2.05, 4.69) is 90.2 Å². The van der Waals surface area contributed by atoms with Crippen molar-refractivity contribution in [2.75, 3.05) is 0 Å². The van der Waals surface area contributed by atoms with E-state index in [4.69, 9.17) is 18.4 Å². The molecule has 1 aliphatic rings. The summed E-state index contributed by atoms with van der Waals surface area (Å²) in [5.74, 6) is 0.546. The zero-order valence-electron chi connectivity index (χ0n) is 25.5. The minimum absolute atomic E-state index is 0.0906. The first-order valence-electron chi connectivity index (χ1n) is 14.3. The molecule has 1 aliphatic carbocycles. The lowest BCUT2D eigenvalue weighted by atomic mass is 9.95. The molecule has 1 N–H and O–H groups in total. The molecule has 0 aliphatic heterocycles. The second-order valence-electron chi connectivity index (χ2n) is 13.3. The van der Waals surface area contributed by atoms with Gasteiger partial charge in [0.15, 0.2) is 16.6 Å². The minimum Gasteiger partial charge on any atom is -0.547 e. The van der Waals surface area contributed by atoms with Crippen molar-refractivity contribution in [1.82, 2.24) is 0 Å². The second-order valence-corrected chi connectivity index (χ2v) is 26.6. The number of carboxylic acids is 1. The van der Waals surface area contributed by atoms with Gasteiger partial charge < -0.3 is 18.4 Å². The molecule has 3 atom stereocenters. The first-order chi connectivity index (χ1) is 17.0. The molecule has 0 heterocycles. The molecule has 0 amide bonds. The summed E-state index contributed by atoms with van der Waals surface area (Å²) in [7, 11) is -5.23. The van der Waals surface area contributed by atoms with Crippen LogP contribution in [0.4, 0.5) is 0 Å². The minimum atomic E-state index is -1.79. The Morgan fingerprint density at radius 3 is 2.19 bits per heavy atom. The van der Waals surface area contributed by atoms with Gasteiger partial charge in [0, 0.05) is 18.8 Å². The average molecular weight is 569 g/mol. The van der Waals surface area contributed by atoms with Crippen LogP contribution in [0.2, 0.25) is 58.9 Å². The summed E-state index contributed by atoms with van der Waals surface area (Å²) in [5.41, 5.74) is 1.32. The lowest BCUT2D eigenvalue weighted by Crippen LogP contribution is -2.35. The van der Waals surface area contributed by atoms with Gasteiger partial charge in [-0.25, -0.2) is 0 Å². The van der Waals surface area contributed by atoms with Crippen LogP contribution in [0.15, 0.2) is 35.6 Å². The smallest absolute Gasteiger partial charge is 0.303 e. The molecule has 0 saturated heterocycles. The molecule has 37 heavy (non-hydrogen) atoms. The van der Waals surface area contributed by atoms with E-state index < -0.39 is 30.9 Å². The number of hydrogen-bond acceptors (Lipinski definition) is 4. The number of unbranched alkanes of at least 4 members (excludes halogenated alkanes) is 3. The molecule has 0 bridgehead atoms. The molecule has 0 aromatic rings. The molecule has 0 aromatic carbocycles. The van der Waals surface area contributed by atoms with E-state index in [-0.39, 0.29) is 24.5 Å². The van der Waals surface area contributed by atoms with Crippen molar-refractivity contribution < 1.29 is 23.2 Å². The zero-order valence-corrected chi connectivity index (χ0v) is 28.5. The summed E-state index contributed by atoms with van der Waals surface area (Å²) >= 11 is 0. The van der Waals surface area contributed by atoms with E-state index in [1.54, 1.807) is 0 Å². The Morgan fingerprint density at radius 2 is 1.65 bits per heavy atom. The molecular weight excluding hydrogens is 513 g/mol. The van der Waals surface area contributed by atoms with Crippen molar-refractivity contribution >= 4 is 30.9 Å². The second kappa shape index (κ2) is 15.6. The predicted molar refractivity (Wildman–Crippen MR) is 165 cm³/mol. The zero-order chi connectivity index (χ0) is 28.3. The highest BCUT2D eigenvalue weighted by atomic mass is 28.4. The van der Waals surface area contributed by atoms with Gasteiger partial charge in [0.2, 0.25) is 8.32 Å². The van der Waals surface area contributed by atoms with Gasteiger partial charge in [-0.2, -0.15) is 0 Å². The third-order valence-electron chi connectivity index (χ3n) is 5.88. The van der Waals surface area contributed by atoms with Crippen molar-refractivity contribution in [3.8, 4) is 0 Å². The monoisotopic (exact) mass is 568 g/mol. The maximum absolute atomic E-state index is 10.8. The molecular formula is C29H56O5Si3. The van der Waals surface area contributed by atoms with E-state index in [9.17, 15) is 4.79 Å². The summed E-state index contributed by atoms with van der Waals surface area (Å²) in [6.07, 6.45) is 17.2. The SMILES string of the molecule is CCCCC[C@@H](/C=C/[C@@H]1C(C/C=C\CCCC(=O)O)=C(O[Si](C)(C)C)C[C@H]1O[Si](C)(C)C)O[Si](C)(C)C. The van der Waals surface area contributed by atoms with Gasteiger partial charge in [0.05, 0.1) is 18.0 Å². The summed E-state index contributed by atoms with van der Waals surface area (Å²) in [6.45, 7) is 22.5. The fraction of sp³-hybridized carbons (Fsp3) is 0.759. The van der Waals surface area contributed by atoms with Crippen molar-refractivity contribution in [1.29, 1.82) is 0 Å². The topological polar surface area (TPSA) is 65.0 Å². The molecule has 0 fully saturated rings. The van der Waals surface area contributed by atoms with Crippen LogP contribution in [0.25, 0.3) is 0 Å². The molecule has 0 radical (unpaired) electrons. The van der Waals surface area contributed by atoms with E-state index in [1.807, 2.05) is 0 Å². The fourth-order valence-corrected chi connectivity index (χ4v) is 7.77. The van der Waals surface area contributed by atoms with Crippen LogP contribution in [0.1, 0.15) is 64.7 Å². The van der Waals surface area contributed by atoms with Crippen molar-refractivity contribution in [3.63, 3.8) is 0 Å². The molecule has 0 spiro atoms. The van der Waals surface area contributed by atoms with Crippen molar-refractivity contribution in [3.05, 3.63) is 35.6 Å². The Labute approximate surface area is 231 Å². The van der Waals surface area contributed by atoms with Gasteiger partial charge in [0.1, 0.15) is 0 Å². The Morgan fingerprint density at radius 1 is 0.973 bits per heavy atom. The van der Waals surface area contributed by atoms with Crippen LogP contribution in [0.5, 0.6) is 0 Å². The molecule has 8 heteroatoms. The first-order valence-corrected chi connectivity index (χ1v) is 24.5. The normalized spacial score (nSPS) is 20.4. The quantitative estimate of drug-likeness (QED) is 0.102. The van der Waals surface area contributed by atoms with Gasteiger partial charge in [-0.1, -0.05) is 50.5 Å². The van der Waals surface area contributed by atoms with E-state index in [0.717, 1.165) is 31.4 Å². The van der Waals surface area contributed by atoms with Crippen LogP contribution >= 0.6 is 0 Å². The summed E-state index contributed by atoms with van der Waals surface area (Å²) < 4.78 is 20.0. The Balaban J connectivity index is 3.27. The molecule has 0 aromatic heterocycles. The van der Waals surface area contributed by atoms with Gasteiger partial charge in [-0.15, -0.1) is 0 Å². The molecule has 1 rings (SSSR count). The number of carboxylic acid groups (broad SMARTS) is 1. The molecule has 0 saturated carbocycles. The third-order valence-corrected chi connectivity index (χ3v) is 8.76. The van der Waals surface area contributed by atoms with Gasteiger partial charge >= 0.3 is 5.97 Å².